The van der Waals surface area contributed by atoms with E-state index < -0.39 is 6.10 Å². The molecule has 1 aromatic rings. The van der Waals surface area contributed by atoms with E-state index in [1.165, 1.54) is 0 Å². The molecule has 1 rings (SSSR count). The van der Waals surface area contributed by atoms with E-state index in [1.54, 1.807) is 12.3 Å². The van der Waals surface area contributed by atoms with Crippen LogP contribution in [0.25, 0.3) is 0 Å². The molecular weight excluding hydrogens is 102 g/mol. The van der Waals surface area contributed by atoms with E-state index in [0.717, 1.165) is 5.69 Å². The number of H-pyrrole nitrogens is 1. The second-order valence-electron chi connectivity index (χ2n) is 1.64. The first kappa shape index (κ1) is 5.38. The van der Waals surface area contributed by atoms with Gasteiger partial charge in [0, 0.05) is 11.9 Å². The topological polar surface area (TPSA) is 36.0 Å². The quantitative estimate of drug-likeness (QED) is 0.553. The van der Waals surface area contributed by atoms with Crippen LogP contribution in [0.4, 0.5) is 0 Å². The Morgan fingerprint density at radius 2 is 2.50 bits per heavy atom. The standard InChI is InChI=1S/C6H8NO/c1-5(8)6-3-2-4-7-6/h2-5,7-8H,1H2. The summed E-state index contributed by atoms with van der Waals surface area (Å²) >= 11 is 0. The highest BCUT2D eigenvalue weighted by Crippen LogP contribution is 2.05. The Morgan fingerprint density at radius 1 is 1.75 bits per heavy atom. The number of aromatic amines is 1. The van der Waals surface area contributed by atoms with Crippen LogP contribution in [-0.2, 0) is 0 Å². The third-order valence-electron chi connectivity index (χ3n) is 0.981. The minimum Gasteiger partial charge on any atom is -0.387 e. The van der Waals surface area contributed by atoms with Crippen molar-refractivity contribution in [2.24, 2.45) is 0 Å². The van der Waals surface area contributed by atoms with Crippen LogP contribution in [0.1, 0.15) is 11.8 Å². The maximum atomic E-state index is 8.77. The van der Waals surface area contributed by atoms with Gasteiger partial charge in [0.05, 0.1) is 6.10 Å². The maximum absolute atomic E-state index is 8.77. The second-order valence-corrected chi connectivity index (χ2v) is 1.64. The monoisotopic (exact) mass is 110 g/mol. The fourth-order valence-electron chi connectivity index (χ4n) is 0.551. The van der Waals surface area contributed by atoms with Crippen molar-refractivity contribution in [3.05, 3.63) is 30.9 Å². The van der Waals surface area contributed by atoms with Crippen LogP contribution in [-0.4, -0.2) is 10.1 Å². The van der Waals surface area contributed by atoms with Crippen molar-refractivity contribution in [1.82, 2.24) is 4.98 Å². The van der Waals surface area contributed by atoms with Gasteiger partial charge in [-0.15, -0.1) is 0 Å². The van der Waals surface area contributed by atoms with Gasteiger partial charge in [0.15, 0.2) is 0 Å². The Hall–Kier alpha value is -0.760. The summed E-state index contributed by atoms with van der Waals surface area (Å²) in [5.74, 6) is 0. The van der Waals surface area contributed by atoms with Crippen molar-refractivity contribution in [3.63, 3.8) is 0 Å². The predicted molar refractivity (Wildman–Crippen MR) is 31.1 cm³/mol. The van der Waals surface area contributed by atoms with Crippen molar-refractivity contribution in [2.75, 3.05) is 0 Å². The first-order valence-electron chi connectivity index (χ1n) is 2.45. The Morgan fingerprint density at radius 3 is 2.75 bits per heavy atom. The van der Waals surface area contributed by atoms with Gasteiger partial charge >= 0.3 is 0 Å². The molecule has 1 heterocycles. The fraction of sp³-hybridized carbons (Fsp3) is 0.167. The van der Waals surface area contributed by atoms with Gasteiger partial charge < -0.3 is 10.1 Å². The van der Waals surface area contributed by atoms with Gasteiger partial charge in [-0.1, -0.05) is 0 Å². The highest BCUT2D eigenvalue weighted by molar-refractivity contribution is 5.07. The molecule has 2 N–H and O–H groups in total. The molecular formula is C6H8NO. The largest absolute Gasteiger partial charge is 0.387 e. The summed E-state index contributed by atoms with van der Waals surface area (Å²) in [5, 5.41) is 8.77. The van der Waals surface area contributed by atoms with Gasteiger partial charge in [-0.3, -0.25) is 0 Å². The van der Waals surface area contributed by atoms with Crippen LogP contribution < -0.4 is 0 Å². The van der Waals surface area contributed by atoms with Gasteiger partial charge in [-0.25, -0.2) is 0 Å². The van der Waals surface area contributed by atoms with Crippen molar-refractivity contribution in [2.45, 2.75) is 6.10 Å². The molecule has 0 spiro atoms. The number of hydrogen-bond donors (Lipinski definition) is 2. The summed E-state index contributed by atoms with van der Waals surface area (Å²) in [4.78, 5) is 2.82. The third-order valence-corrected chi connectivity index (χ3v) is 0.981. The lowest BCUT2D eigenvalue weighted by Gasteiger charge is -1.96. The summed E-state index contributed by atoms with van der Waals surface area (Å²) in [5.41, 5.74) is 0.755. The lowest BCUT2D eigenvalue weighted by Crippen LogP contribution is -1.89. The highest BCUT2D eigenvalue weighted by Gasteiger charge is 1.96. The molecule has 0 saturated carbocycles. The summed E-state index contributed by atoms with van der Waals surface area (Å²) in [6.45, 7) is 3.41. The number of nitrogens with one attached hydrogen (secondary N) is 1. The molecule has 1 aromatic heterocycles. The zero-order valence-corrected chi connectivity index (χ0v) is 4.46. The van der Waals surface area contributed by atoms with E-state index >= 15 is 0 Å². The Bertz CT molecular complexity index is 144. The summed E-state index contributed by atoms with van der Waals surface area (Å²) in [6, 6.07) is 3.61. The molecule has 2 nitrogen and oxygen atoms in total. The number of aliphatic hydroxyl groups excluding tert-OH is 1. The van der Waals surface area contributed by atoms with E-state index in [4.69, 9.17) is 5.11 Å². The third kappa shape index (κ3) is 0.898. The molecule has 0 saturated heterocycles. The van der Waals surface area contributed by atoms with Crippen molar-refractivity contribution in [1.29, 1.82) is 0 Å². The average molecular weight is 110 g/mol. The van der Waals surface area contributed by atoms with Crippen LogP contribution in [0.15, 0.2) is 18.3 Å². The van der Waals surface area contributed by atoms with Gasteiger partial charge in [0.2, 0.25) is 0 Å². The predicted octanol–water partition coefficient (Wildman–Crippen LogP) is 0.882. The van der Waals surface area contributed by atoms with Gasteiger partial charge in [-0.2, -0.15) is 0 Å². The zero-order chi connectivity index (χ0) is 5.98. The molecule has 0 aliphatic rings. The molecule has 0 aromatic carbocycles. The first-order chi connectivity index (χ1) is 3.80. The van der Waals surface area contributed by atoms with Crippen LogP contribution >= 0.6 is 0 Å². The highest BCUT2D eigenvalue weighted by atomic mass is 16.3. The van der Waals surface area contributed by atoms with Gasteiger partial charge in [0.25, 0.3) is 0 Å². The van der Waals surface area contributed by atoms with Crippen molar-refractivity contribution in [3.8, 4) is 0 Å². The molecule has 8 heavy (non-hydrogen) atoms. The maximum Gasteiger partial charge on any atom is 0.0938 e. The lowest BCUT2D eigenvalue weighted by molar-refractivity contribution is 0.222. The first-order valence-corrected chi connectivity index (χ1v) is 2.45. The summed E-state index contributed by atoms with van der Waals surface area (Å²) in [7, 11) is 0. The van der Waals surface area contributed by atoms with Crippen LogP contribution in [0, 0.1) is 6.92 Å². The smallest absolute Gasteiger partial charge is 0.0938 e. The molecule has 0 bridgehead atoms. The zero-order valence-electron chi connectivity index (χ0n) is 4.46. The number of hydrogen-bond acceptors (Lipinski definition) is 1. The van der Waals surface area contributed by atoms with E-state index in [-0.39, 0.29) is 0 Å². The van der Waals surface area contributed by atoms with E-state index in [2.05, 4.69) is 11.9 Å². The fourth-order valence-corrected chi connectivity index (χ4v) is 0.551. The Labute approximate surface area is 48.2 Å². The van der Waals surface area contributed by atoms with Crippen molar-refractivity contribution >= 4 is 0 Å². The van der Waals surface area contributed by atoms with Crippen LogP contribution in [0.5, 0.6) is 0 Å². The Kier molecular flexibility index (Phi) is 1.35. The van der Waals surface area contributed by atoms with E-state index in [0.29, 0.717) is 0 Å². The number of rotatable bonds is 1. The molecule has 0 fully saturated rings. The SMILES string of the molecule is [CH2]C(O)c1ccc[nH]1. The minimum absolute atomic E-state index is 0.620. The molecule has 43 valence electrons. The molecule has 0 aliphatic heterocycles. The van der Waals surface area contributed by atoms with E-state index in [9.17, 15) is 0 Å². The average Bonchev–Trinajstić information content (AvgIpc) is 2.12. The number of aliphatic hydroxyl groups is 1. The van der Waals surface area contributed by atoms with Crippen LogP contribution in [0.3, 0.4) is 0 Å². The van der Waals surface area contributed by atoms with E-state index in [1.807, 2.05) is 6.07 Å². The molecule has 1 atom stereocenters. The molecule has 1 radical (unpaired) electrons. The molecule has 0 aliphatic carbocycles. The molecule has 1 unspecified atom stereocenters. The molecule has 2 heteroatoms. The van der Waals surface area contributed by atoms with Crippen LogP contribution in [0.2, 0.25) is 0 Å². The summed E-state index contributed by atoms with van der Waals surface area (Å²) < 4.78 is 0. The Balaban J connectivity index is 2.77. The number of aromatic nitrogens is 1. The van der Waals surface area contributed by atoms with Gasteiger partial charge in [0.1, 0.15) is 0 Å². The second kappa shape index (κ2) is 2.01. The minimum atomic E-state index is -0.620. The summed E-state index contributed by atoms with van der Waals surface area (Å²) in [6.07, 6.45) is 1.13. The van der Waals surface area contributed by atoms with Gasteiger partial charge in [-0.05, 0) is 19.1 Å². The lowest BCUT2D eigenvalue weighted by atomic mass is 10.3. The van der Waals surface area contributed by atoms with Crippen molar-refractivity contribution < 1.29 is 5.11 Å². The normalized spacial score (nSPS) is 13.8. The molecule has 0 amide bonds.